The highest BCUT2D eigenvalue weighted by Gasteiger charge is 2.36. The second-order valence-electron chi connectivity index (χ2n) is 9.59. The van der Waals surface area contributed by atoms with E-state index in [0.717, 1.165) is 50.1 Å². The molecule has 2 saturated heterocycles. The van der Waals surface area contributed by atoms with Crippen LogP contribution in [-0.2, 0) is 0 Å². The number of fused-ring (bicyclic) bond motifs is 1. The molecule has 4 aromatic rings. The molecule has 0 amide bonds. The number of nitrogens with zero attached hydrogens (tertiary/aromatic N) is 5. The van der Waals surface area contributed by atoms with Gasteiger partial charge in [0.05, 0.1) is 24.5 Å². The molecule has 2 aliphatic heterocycles. The molecule has 4 heterocycles. The number of piperazine rings is 1. The molecule has 0 radical (unpaired) electrons. The number of hydrogen-bond donors (Lipinski definition) is 1. The number of benzene rings is 2. The summed E-state index contributed by atoms with van der Waals surface area (Å²) in [6.45, 7) is 3.40. The second kappa shape index (κ2) is 10.1. The van der Waals surface area contributed by atoms with Crippen molar-refractivity contribution in [3.8, 4) is 0 Å². The van der Waals surface area contributed by atoms with Crippen LogP contribution in [0.4, 0.5) is 29.1 Å². The maximum absolute atomic E-state index is 14.9. The van der Waals surface area contributed by atoms with Crippen molar-refractivity contribution < 1.29 is 17.6 Å². The number of alkyl halides is 1. The Labute approximate surface area is 217 Å². The average Bonchev–Trinajstić information content (AvgIpc) is 3.52. The van der Waals surface area contributed by atoms with Gasteiger partial charge in [0.1, 0.15) is 29.4 Å². The van der Waals surface area contributed by atoms with Crippen LogP contribution >= 0.6 is 0 Å². The van der Waals surface area contributed by atoms with E-state index in [2.05, 4.69) is 20.3 Å². The number of imidazole rings is 1. The molecule has 0 spiro atoms. The number of nitrogens with one attached hydrogen (secondary N) is 1. The van der Waals surface area contributed by atoms with Gasteiger partial charge in [-0.2, -0.15) is 0 Å². The third-order valence-corrected chi connectivity index (χ3v) is 7.14. The fraction of sp³-hybridized carbons (Fsp3) is 0.286. The van der Waals surface area contributed by atoms with Gasteiger partial charge in [0.25, 0.3) is 0 Å². The standard InChI is InChI=1S/C28H26F4N6/c29-19-3-6-24(31)23(13-19)26-14-20(30)17-37(26)28-8-7-27-34-16-22(38(27)35-28)5-2-18-1-4-21(15-25(18)32)36-11-9-33-10-12-36/h1-8,13,15-16,20,26,33H,9-12,14,17H2/b5-2+/t20-,26+/m0/s1. The van der Waals surface area contributed by atoms with E-state index in [4.69, 9.17) is 0 Å². The third kappa shape index (κ3) is 4.71. The van der Waals surface area contributed by atoms with E-state index in [1.54, 1.807) is 52.0 Å². The largest absolute Gasteiger partial charge is 0.369 e. The Hall–Kier alpha value is -3.92. The van der Waals surface area contributed by atoms with Gasteiger partial charge in [0.2, 0.25) is 0 Å². The summed E-state index contributed by atoms with van der Waals surface area (Å²) >= 11 is 0. The maximum atomic E-state index is 14.9. The van der Waals surface area contributed by atoms with Crippen LogP contribution in [0, 0.1) is 17.5 Å². The van der Waals surface area contributed by atoms with Crippen LogP contribution in [0.2, 0.25) is 0 Å². The van der Waals surface area contributed by atoms with Gasteiger partial charge in [-0.3, -0.25) is 0 Å². The van der Waals surface area contributed by atoms with Crippen LogP contribution in [0.5, 0.6) is 0 Å². The molecule has 38 heavy (non-hydrogen) atoms. The summed E-state index contributed by atoms with van der Waals surface area (Å²) in [6.07, 6.45) is 3.80. The molecule has 10 heteroatoms. The van der Waals surface area contributed by atoms with Gasteiger partial charge < -0.3 is 15.1 Å². The summed E-state index contributed by atoms with van der Waals surface area (Å²) in [5, 5.41) is 7.92. The predicted octanol–water partition coefficient (Wildman–Crippen LogP) is 5.02. The molecule has 0 saturated carbocycles. The Morgan fingerprint density at radius 3 is 2.58 bits per heavy atom. The first-order chi connectivity index (χ1) is 18.5. The van der Waals surface area contributed by atoms with Crippen LogP contribution in [-0.4, -0.2) is 53.5 Å². The fourth-order valence-electron chi connectivity index (χ4n) is 5.20. The van der Waals surface area contributed by atoms with Crippen molar-refractivity contribution in [2.45, 2.75) is 18.6 Å². The zero-order valence-electron chi connectivity index (χ0n) is 20.5. The maximum Gasteiger partial charge on any atom is 0.154 e. The number of halogens is 4. The zero-order valence-corrected chi connectivity index (χ0v) is 20.5. The highest BCUT2D eigenvalue weighted by molar-refractivity contribution is 5.71. The first-order valence-corrected chi connectivity index (χ1v) is 12.6. The summed E-state index contributed by atoms with van der Waals surface area (Å²) < 4.78 is 59.4. The minimum Gasteiger partial charge on any atom is -0.369 e. The van der Waals surface area contributed by atoms with E-state index in [9.17, 15) is 17.6 Å². The monoisotopic (exact) mass is 522 g/mol. The first kappa shape index (κ1) is 24.4. The van der Waals surface area contributed by atoms with E-state index in [1.807, 2.05) is 6.07 Å². The highest BCUT2D eigenvalue weighted by atomic mass is 19.1. The lowest BCUT2D eigenvalue weighted by molar-refractivity contribution is 0.355. The molecule has 196 valence electrons. The molecule has 0 bridgehead atoms. The molecule has 2 aliphatic rings. The normalized spacial score (nSPS) is 20.2. The molecule has 0 unspecified atom stereocenters. The molecule has 2 aromatic carbocycles. The number of hydrogen-bond acceptors (Lipinski definition) is 5. The summed E-state index contributed by atoms with van der Waals surface area (Å²) in [5.41, 5.74) is 2.52. The first-order valence-electron chi connectivity index (χ1n) is 12.6. The summed E-state index contributed by atoms with van der Waals surface area (Å²) in [4.78, 5) is 8.14. The van der Waals surface area contributed by atoms with Crippen molar-refractivity contribution in [1.82, 2.24) is 19.9 Å². The molecular weight excluding hydrogens is 496 g/mol. The summed E-state index contributed by atoms with van der Waals surface area (Å²) in [6, 6.07) is 11.1. The quantitative estimate of drug-likeness (QED) is 0.373. The van der Waals surface area contributed by atoms with Crippen molar-refractivity contribution in [3.63, 3.8) is 0 Å². The smallest absolute Gasteiger partial charge is 0.154 e. The molecule has 2 fully saturated rings. The predicted molar refractivity (Wildman–Crippen MR) is 139 cm³/mol. The van der Waals surface area contributed by atoms with E-state index in [0.29, 0.717) is 22.7 Å². The van der Waals surface area contributed by atoms with Gasteiger partial charge in [-0.1, -0.05) is 0 Å². The number of aromatic nitrogens is 3. The van der Waals surface area contributed by atoms with Crippen molar-refractivity contribution in [2.24, 2.45) is 0 Å². The topological polar surface area (TPSA) is 48.7 Å². The Morgan fingerprint density at radius 2 is 1.76 bits per heavy atom. The van der Waals surface area contributed by atoms with E-state index in [1.165, 1.54) is 0 Å². The molecule has 0 aliphatic carbocycles. The average molecular weight is 523 g/mol. The summed E-state index contributed by atoms with van der Waals surface area (Å²) in [7, 11) is 0. The van der Waals surface area contributed by atoms with Crippen molar-refractivity contribution in [3.05, 3.63) is 89.0 Å². The minimum atomic E-state index is -1.21. The molecule has 2 atom stereocenters. The third-order valence-electron chi connectivity index (χ3n) is 7.14. The molecule has 6 nitrogen and oxygen atoms in total. The Morgan fingerprint density at radius 1 is 0.921 bits per heavy atom. The van der Waals surface area contributed by atoms with Crippen molar-refractivity contribution in [1.29, 1.82) is 0 Å². The van der Waals surface area contributed by atoms with Crippen LogP contribution < -0.4 is 15.1 Å². The van der Waals surface area contributed by atoms with Gasteiger partial charge >= 0.3 is 0 Å². The van der Waals surface area contributed by atoms with E-state index < -0.39 is 23.8 Å². The Bertz CT molecular complexity index is 1500. The number of rotatable bonds is 5. The number of anilines is 2. The van der Waals surface area contributed by atoms with Crippen LogP contribution in [0.25, 0.3) is 17.8 Å². The molecule has 6 rings (SSSR count). The lowest BCUT2D eigenvalue weighted by atomic mass is 10.0. The highest BCUT2D eigenvalue weighted by Crippen LogP contribution is 2.38. The van der Waals surface area contributed by atoms with Gasteiger partial charge in [0.15, 0.2) is 5.65 Å². The van der Waals surface area contributed by atoms with Gasteiger partial charge in [0, 0.05) is 49.4 Å². The van der Waals surface area contributed by atoms with Crippen molar-refractivity contribution in [2.75, 3.05) is 42.5 Å². The van der Waals surface area contributed by atoms with Gasteiger partial charge in [-0.05, 0) is 60.7 Å². The fourth-order valence-corrected chi connectivity index (χ4v) is 5.20. The zero-order chi connectivity index (χ0) is 26.2. The second-order valence-corrected chi connectivity index (χ2v) is 9.59. The lowest BCUT2D eigenvalue weighted by Crippen LogP contribution is -2.43. The van der Waals surface area contributed by atoms with E-state index >= 15 is 0 Å². The lowest BCUT2D eigenvalue weighted by Gasteiger charge is -2.29. The minimum absolute atomic E-state index is 0.00361. The van der Waals surface area contributed by atoms with Crippen molar-refractivity contribution >= 4 is 29.3 Å². The van der Waals surface area contributed by atoms with E-state index in [-0.39, 0.29) is 24.3 Å². The Balaban J connectivity index is 1.28. The van der Waals surface area contributed by atoms with Gasteiger partial charge in [-0.15, -0.1) is 5.10 Å². The molecule has 2 aromatic heterocycles. The SMILES string of the molecule is Fc1ccc(F)c([C@H]2C[C@H](F)CN2c2ccc3ncc(/C=C/c4ccc(N5CCNCC5)cc4F)n3n2)c1. The van der Waals surface area contributed by atoms with Gasteiger partial charge in [-0.25, -0.2) is 27.1 Å². The molecule has 1 N–H and O–H groups in total. The van der Waals surface area contributed by atoms with Crippen LogP contribution in [0.1, 0.15) is 29.3 Å². The van der Waals surface area contributed by atoms with Crippen LogP contribution in [0.15, 0.2) is 54.7 Å². The molecular formula is C28H26F4N6. The Kier molecular flexibility index (Phi) is 6.49. The summed E-state index contributed by atoms with van der Waals surface area (Å²) in [5.74, 6) is -1.09. The van der Waals surface area contributed by atoms with Crippen LogP contribution in [0.3, 0.4) is 0 Å².